The van der Waals surface area contributed by atoms with Gasteiger partial charge in [-0.3, -0.25) is 19.4 Å². The molecule has 0 radical (unpaired) electrons. The van der Waals surface area contributed by atoms with Gasteiger partial charge in [0, 0.05) is 42.5 Å². The number of carbonyl (C=O) groups is 1. The summed E-state index contributed by atoms with van der Waals surface area (Å²) in [5.74, 6) is -0.150. The number of carbonyl (C=O) groups excluding carboxylic acids is 1. The van der Waals surface area contributed by atoms with Gasteiger partial charge in [-0.05, 0) is 37.1 Å². The number of benzene rings is 1. The molecule has 0 atom stereocenters. The topological polar surface area (TPSA) is 72.7 Å². The van der Waals surface area contributed by atoms with Crippen molar-refractivity contribution in [3.8, 4) is 0 Å². The standard InChI is InChI=1S/C20H19N5O/c1-14-5-6-15-12-24-25(18(15)10-14)9-3-8-23-20(26)17-13-21-11-16-4-2-7-22-19(16)17/h2,4-7,10-13H,3,8-9H2,1H3,(H,23,26). The summed E-state index contributed by atoms with van der Waals surface area (Å²) in [5, 5.41) is 9.38. The molecule has 4 rings (SSSR count). The molecule has 0 aliphatic heterocycles. The van der Waals surface area contributed by atoms with E-state index < -0.39 is 0 Å². The first kappa shape index (κ1) is 16.2. The summed E-state index contributed by atoms with van der Waals surface area (Å²) in [5.41, 5.74) is 3.51. The van der Waals surface area contributed by atoms with E-state index in [0.717, 1.165) is 29.3 Å². The van der Waals surface area contributed by atoms with Gasteiger partial charge in [-0.1, -0.05) is 12.1 Å². The van der Waals surface area contributed by atoms with Gasteiger partial charge in [-0.15, -0.1) is 0 Å². The van der Waals surface area contributed by atoms with Gasteiger partial charge in [0.25, 0.3) is 5.91 Å². The number of pyridine rings is 2. The zero-order valence-corrected chi connectivity index (χ0v) is 14.5. The van der Waals surface area contributed by atoms with Gasteiger partial charge < -0.3 is 5.32 Å². The lowest BCUT2D eigenvalue weighted by Gasteiger charge is -2.08. The molecule has 0 spiro atoms. The molecule has 0 bridgehead atoms. The lowest BCUT2D eigenvalue weighted by Crippen LogP contribution is -2.25. The Balaban J connectivity index is 1.40. The van der Waals surface area contributed by atoms with E-state index in [9.17, 15) is 4.79 Å². The zero-order valence-electron chi connectivity index (χ0n) is 14.5. The van der Waals surface area contributed by atoms with Crippen LogP contribution < -0.4 is 5.32 Å². The molecular formula is C20H19N5O. The molecule has 1 N–H and O–H groups in total. The van der Waals surface area contributed by atoms with E-state index >= 15 is 0 Å². The first-order chi connectivity index (χ1) is 12.7. The highest BCUT2D eigenvalue weighted by Crippen LogP contribution is 2.16. The minimum atomic E-state index is -0.150. The van der Waals surface area contributed by atoms with Crippen LogP contribution in [0.2, 0.25) is 0 Å². The Morgan fingerprint density at radius 2 is 2.08 bits per heavy atom. The van der Waals surface area contributed by atoms with Crippen LogP contribution in [0.3, 0.4) is 0 Å². The molecule has 6 nitrogen and oxygen atoms in total. The number of rotatable bonds is 5. The van der Waals surface area contributed by atoms with Crippen molar-refractivity contribution < 1.29 is 4.79 Å². The number of hydrogen-bond donors (Lipinski definition) is 1. The van der Waals surface area contributed by atoms with Crippen LogP contribution in [0.1, 0.15) is 22.3 Å². The smallest absolute Gasteiger partial charge is 0.255 e. The third-order valence-corrected chi connectivity index (χ3v) is 4.39. The first-order valence-electron chi connectivity index (χ1n) is 8.61. The van der Waals surface area contributed by atoms with Crippen LogP contribution in [-0.4, -0.2) is 32.2 Å². The average molecular weight is 345 g/mol. The highest BCUT2D eigenvalue weighted by atomic mass is 16.1. The molecule has 130 valence electrons. The number of aryl methyl sites for hydroxylation is 2. The van der Waals surface area contributed by atoms with Crippen molar-refractivity contribution in [2.45, 2.75) is 19.9 Å². The van der Waals surface area contributed by atoms with Crippen LogP contribution in [-0.2, 0) is 6.54 Å². The van der Waals surface area contributed by atoms with Crippen LogP contribution in [0.15, 0.2) is 55.1 Å². The number of nitrogens with zero attached hydrogens (tertiary/aromatic N) is 4. The molecule has 4 aromatic rings. The molecule has 1 amide bonds. The lowest BCUT2D eigenvalue weighted by atomic mass is 10.1. The molecule has 1 aromatic carbocycles. The Bertz CT molecular complexity index is 1080. The number of amides is 1. The molecular weight excluding hydrogens is 326 g/mol. The van der Waals surface area contributed by atoms with Gasteiger partial charge in [0.05, 0.1) is 22.8 Å². The second-order valence-corrected chi connectivity index (χ2v) is 6.30. The van der Waals surface area contributed by atoms with Gasteiger partial charge in [0.2, 0.25) is 0 Å². The van der Waals surface area contributed by atoms with Gasteiger partial charge in [-0.25, -0.2) is 0 Å². The molecule has 0 saturated carbocycles. The fourth-order valence-electron chi connectivity index (χ4n) is 3.05. The number of hydrogen-bond acceptors (Lipinski definition) is 4. The van der Waals surface area contributed by atoms with Crippen molar-refractivity contribution in [3.63, 3.8) is 0 Å². The maximum atomic E-state index is 12.5. The highest BCUT2D eigenvalue weighted by Gasteiger charge is 2.11. The number of nitrogens with one attached hydrogen (secondary N) is 1. The maximum absolute atomic E-state index is 12.5. The van der Waals surface area contributed by atoms with Crippen molar-refractivity contribution in [1.29, 1.82) is 0 Å². The third kappa shape index (κ3) is 3.13. The van der Waals surface area contributed by atoms with E-state index in [2.05, 4.69) is 45.5 Å². The van der Waals surface area contributed by atoms with E-state index in [-0.39, 0.29) is 5.91 Å². The average Bonchev–Trinajstić information content (AvgIpc) is 3.06. The van der Waals surface area contributed by atoms with E-state index in [0.29, 0.717) is 17.6 Å². The Morgan fingerprint density at radius 1 is 1.15 bits per heavy atom. The van der Waals surface area contributed by atoms with Crippen LogP contribution in [0, 0.1) is 6.92 Å². The van der Waals surface area contributed by atoms with E-state index in [1.54, 1.807) is 18.6 Å². The molecule has 0 unspecified atom stereocenters. The van der Waals surface area contributed by atoms with Gasteiger partial charge in [0.15, 0.2) is 0 Å². The predicted molar refractivity (Wildman–Crippen MR) is 101 cm³/mol. The summed E-state index contributed by atoms with van der Waals surface area (Å²) in [4.78, 5) is 20.9. The fourth-order valence-corrected chi connectivity index (χ4v) is 3.05. The quantitative estimate of drug-likeness (QED) is 0.564. The zero-order chi connectivity index (χ0) is 17.9. The predicted octanol–water partition coefficient (Wildman–Crippen LogP) is 3.11. The highest BCUT2D eigenvalue weighted by molar-refractivity contribution is 6.04. The molecule has 0 aliphatic carbocycles. The normalized spacial score (nSPS) is 11.1. The Labute approximate surface area is 150 Å². The molecule has 0 fully saturated rings. The van der Waals surface area contributed by atoms with E-state index in [4.69, 9.17) is 0 Å². The summed E-state index contributed by atoms with van der Waals surface area (Å²) in [6, 6.07) is 10.0. The maximum Gasteiger partial charge on any atom is 0.255 e. The first-order valence-corrected chi connectivity index (χ1v) is 8.61. The molecule has 0 saturated heterocycles. The van der Waals surface area contributed by atoms with Gasteiger partial charge in [0.1, 0.15) is 0 Å². The molecule has 3 heterocycles. The second kappa shape index (κ2) is 6.92. The summed E-state index contributed by atoms with van der Waals surface area (Å²) in [7, 11) is 0. The minimum Gasteiger partial charge on any atom is -0.352 e. The van der Waals surface area contributed by atoms with Crippen molar-refractivity contribution in [3.05, 3.63) is 66.2 Å². The molecule has 0 aliphatic rings. The molecule has 6 heteroatoms. The summed E-state index contributed by atoms with van der Waals surface area (Å²) in [6.45, 7) is 3.39. The largest absolute Gasteiger partial charge is 0.352 e. The number of aromatic nitrogens is 4. The SMILES string of the molecule is Cc1ccc2cnn(CCCNC(=O)c3cncc4cccnc34)c2c1. The summed E-state index contributed by atoms with van der Waals surface area (Å²) in [6.07, 6.45) is 7.63. The summed E-state index contributed by atoms with van der Waals surface area (Å²) < 4.78 is 1.98. The fraction of sp³-hybridized carbons (Fsp3) is 0.200. The van der Waals surface area contributed by atoms with Crippen molar-refractivity contribution >= 4 is 27.7 Å². The Hall–Kier alpha value is -3.28. The third-order valence-electron chi connectivity index (χ3n) is 4.39. The van der Waals surface area contributed by atoms with E-state index in [1.807, 2.05) is 23.0 Å². The van der Waals surface area contributed by atoms with Crippen LogP contribution in [0.4, 0.5) is 0 Å². The van der Waals surface area contributed by atoms with Gasteiger partial charge in [-0.2, -0.15) is 5.10 Å². The van der Waals surface area contributed by atoms with Crippen LogP contribution in [0.5, 0.6) is 0 Å². The second-order valence-electron chi connectivity index (χ2n) is 6.30. The lowest BCUT2D eigenvalue weighted by molar-refractivity contribution is 0.0954. The van der Waals surface area contributed by atoms with E-state index in [1.165, 1.54) is 5.56 Å². The van der Waals surface area contributed by atoms with Crippen LogP contribution in [0.25, 0.3) is 21.8 Å². The summed E-state index contributed by atoms with van der Waals surface area (Å²) >= 11 is 0. The van der Waals surface area contributed by atoms with Crippen molar-refractivity contribution in [2.24, 2.45) is 0 Å². The molecule has 3 aromatic heterocycles. The minimum absolute atomic E-state index is 0.150. The van der Waals surface area contributed by atoms with Crippen molar-refractivity contribution in [2.75, 3.05) is 6.54 Å². The van der Waals surface area contributed by atoms with Gasteiger partial charge >= 0.3 is 0 Å². The molecule has 26 heavy (non-hydrogen) atoms. The van der Waals surface area contributed by atoms with Crippen molar-refractivity contribution in [1.82, 2.24) is 25.1 Å². The Kier molecular flexibility index (Phi) is 4.31. The number of fused-ring (bicyclic) bond motifs is 2. The Morgan fingerprint density at radius 3 is 3.00 bits per heavy atom. The van der Waals surface area contributed by atoms with Crippen LogP contribution >= 0.6 is 0 Å². The monoisotopic (exact) mass is 345 g/mol.